The molecule has 1 aliphatic heterocycles. The number of rotatable bonds is 18. The molecule has 0 spiro atoms. The Bertz CT molecular complexity index is 1720. The molecule has 0 saturated carbocycles. The summed E-state index contributed by atoms with van der Waals surface area (Å²) in [6, 6.07) is 4.37. The molecule has 15 heteroatoms. The summed E-state index contributed by atoms with van der Waals surface area (Å²) in [5.74, 6) is -4.80. The first kappa shape index (κ1) is 55.1. The van der Waals surface area contributed by atoms with Crippen LogP contribution in [0.5, 0.6) is 0 Å². The van der Waals surface area contributed by atoms with Gasteiger partial charge in [0.25, 0.3) is 5.91 Å². The number of hydrogen-bond donors (Lipinski definition) is 4. The van der Waals surface area contributed by atoms with Crippen molar-refractivity contribution in [3.63, 3.8) is 0 Å². The van der Waals surface area contributed by atoms with Crippen molar-refractivity contribution in [2.24, 2.45) is 23.7 Å². The Hall–Kier alpha value is -5.00. The van der Waals surface area contributed by atoms with Crippen molar-refractivity contribution in [1.82, 2.24) is 31.1 Å². The minimum Gasteiger partial charge on any atom is -0.451 e. The largest absolute Gasteiger partial charge is 0.451 e. The standard InChI is InChI=1S/C49H79N7O8/c1-12-14-20-33(7)28-37-43(57)51-35(9)49(63)64-42(24-19-25-50)46(60)54-39(29-34(8)21-15-13-2)48(62)55(10)40(27-32(5)6)44(58)53-38(26-31(3)4)47(61)56(11)41(45(59)52-37)30-36-22-17-16-18-23-36/h16-18,22-23,31-35,37-42H,12-15,19-21,24,26-30H2,1-11H3,(H,51,57)(H,52,59)(H,53,58)(H,54,60)/t33-,34+,35+,37-,38-,39-,40-,41-,42+/m0/s1. The number of nitrogens with one attached hydrogen (secondary N) is 4. The monoisotopic (exact) mass is 894 g/mol. The second-order valence-electron chi connectivity index (χ2n) is 18.9. The fraction of sp³-hybridized carbons (Fsp3) is 0.714. The summed E-state index contributed by atoms with van der Waals surface area (Å²) in [5, 5.41) is 20.8. The molecule has 1 saturated heterocycles. The predicted molar refractivity (Wildman–Crippen MR) is 247 cm³/mol. The van der Waals surface area contributed by atoms with Crippen LogP contribution in [-0.2, 0) is 44.7 Å². The number of hydrogen-bond acceptors (Lipinski definition) is 9. The average molecular weight is 894 g/mol. The van der Waals surface area contributed by atoms with Crippen LogP contribution in [0.25, 0.3) is 0 Å². The number of nitriles is 1. The van der Waals surface area contributed by atoms with Crippen LogP contribution < -0.4 is 21.3 Å². The highest BCUT2D eigenvalue weighted by Crippen LogP contribution is 2.22. The molecular weight excluding hydrogens is 815 g/mol. The van der Waals surface area contributed by atoms with Crippen LogP contribution >= 0.6 is 0 Å². The lowest BCUT2D eigenvalue weighted by Crippen LogP contribution is -2.60. The van der Waals surface area contributed by atoms with E-state index < -0.39 is 83.8 Å². The third-order valence-electron chi connectivity index (χ3n) is 11.9. The molecule has 1 aliphatic rings. The number of carbonyl (C=O) groups excluding carboxylic acids is 7. The van der Waals surface area contributed by atoms with Gasteiger partial charge in [0.1, 0.15) is 36.3 Å². The molecule has 0 bridgehead atoms. The zero-order valence-electron chi connectivity index (χ0n) is 40.5. The van der Waals surface area contributed by atoms with Crippen molar-refractivity contribution in [3.8, 4) is 6.07 Å². The van der Waals surface area contributed by atoms with E-state index in [4.69, 9.17) is 4.74 Å². The molecule has 0 aromatic heterocycles. The lowest BCUT2D eigenvalue weighted by molar-refractivity contribution is -0.159. The Balaban J connectivity index is 2.85. The summed E-state index contributed by atoms with van der Waals surface area (Å²) in [4.78, 5) is 103. The number of amides is 6. The van der Waals surface area contributed by atoms with Gasteiger partial charge in [-0.25, -0.2) is 4.79 Å². The van der Waals surface area contributed by atoms with Crippen molar-refractivity contribution >= 4 is 41.4 Å². The molecule has 6 amide bonds. The second kappa shape index (κ2) is 28.0. The van der Waals surface area contributed by atoms with Crippen LogP contribution in [0.15, 0.2) is 30.3 Å². The first-order chi connectivity index (χ1) is 30.2. The molecule has 358 valence electrons. The molecule has 4 N–H and O–H groups in total. The van der Waals surface area contributed by atoms with E-state index in [1.54, 1.807) is 0 Å². The van der Waals surface area contributed by atoms with Crippen molar-refractivity contribution in [1.29, 1.82) is 5.26 Å². The van der Waals surface area contributed by atoms with Crippen molar-refractivity contribution in [3.05, 3.63) is 35.9 Å². The van der Waals surface area contributed by atoms with E-state index in [9.17, 15) is 38.8 Å². The summed E-state index contributed by atoms with van der Waals surface area (Å²) in [6.45, 7) is 17.2. The van der Waals surface area contributed by atoms with E-state index in [0.29, 0.717) is 0 Å². The normalized spacial score (nSPS) is 24.8. The van der Waals surface area contributed by atoms with Gasteiger partial charge >= 0.3 is 5.97 Å². The first-order valence-electron chi connectivity index (χ1n) is 23.6. The summed E-state index contributed by atoms with van der Waals surface area (Å²) in [5.41, 5.74) is 0.760. The summed E-state index contributed by atoms with van der Waals surface area (Å²) >= 11 is 0. The predicted octanol–water partition coefficient (Wildman–Crippen LogP) is 5.60. The van der Waals surface area contributed by atoms with Gasteiger partial charge in [-0.2, -0.15) is 5.26 Å². The van der Waals surface area contributed by atoms with E-state index in [0.717, 1.165) is 44.1 Å². The molecule has 2 rings (SSSR count). The zero-order valence-corrected chi connectivity index (χ0v) is 40.5. The molecule has 1 aromatic carbocycles. The Kier molecular flexibility index (Phi) is 24.1. The summed E-state index contributed by atoms with van der Waals surface area (Å²) in [7, 11) is 3.02. The Morgan fingerprint density at radius 1 is 0.641 bits per heavy atom. The Morgan fingerprint density at radius 3 is 1.66 bits per heavy atom. The lowest BCUT2D eigenvalue weighted by atomic mass is 9.94. The molecule has 0 unspecified atom stereocenters. The lowest BCUT2D eigenvalue weighted by Gasteiger charge is -2.35. The van der Waals surface area contributed by atoms with E-state index in [2.05, 4.69) is 35.1 Å². The van der Waals surface area contributed by atoms with Gasteiger partial charge in [0.2, 0.25) is 29.5 Å². The second-order valence-corrected chi connectivity index (χ2v) is 18.9. The van der Waals surface area contributed by atoms with Crippen LogP contribution in [0.4, 0.5) is 0 Å². The van der Waals surface area contributed by atoms with Gasteiger partial charge in [-0.3, -0.25) is 28.8 Å². The van der Waals surface area contributed by atoms with Gasteiger partial charge in [0, 0.05) is 33.4 Å². The summed E-state index contributed by atoms with van der Waals surface area (Å²) < 4.78 is 5.70. The quantitative estimate of drug-likeness (QED) is 0.135. The highest BCUT2D eigenvalue weighted by atomic mass is 16.5. The average Bonchev–Trinajstić information content (AvgIpc) is 3.25. The topological polar surface area (TPSA) is 207 Å². The van der Waals surface area contributed by atoms with E-state index >= 15 is 0 Å². The zero-order chi connectivity index (χ0) is 48.1. The van der Waals surface area contributed by atoms with Crippen LogP contribution in [0, 0.1) is 35.0 Å². The first-order valence-corrected chi connectivity index (χ1v) is 23.6. The van der Waals surface area contributed by atoms with Gasteiger partial charge in [-0.1, -0.05) is 124 Å². The van der Waals surface area contributed by atoms with Crippen LogP contribution in [0.2, 0.25) is 0 Å². The minimum atomic E-state index is -1.48. The van der Waals surface area contributed by atoms with Crippen molar-refractivity contribution in [2.75, 3.05) is 14.1 Å². The number of cyclic esters (lactones) is 1. The fourth-order valence-electron chi connectivity index (χ4n) is 8.08. The molecule has 15 nitrogen and oxygen atoms in total. The van der Waals surface area contributed by atoms with Crippen molar-refractivity contribution in [2.45, 2.75) is 188 Å². The van der Waals surface area contributed by atoms with E-state index in [1.807, 2.05) is 77.9 Å². The number of benzene rings is 1. The van der Waals surface area contributed by atoms with Gasteiger partial charge in [0.05, 0.1) is 6.07 Å². The fourth-order valence-corrected chi connectivity index (χ4v) is 8.08. The molecular formula is C49H79N7O8. The number of unbranched alkanes of at least 4 members (excludes halogenated alkanes) is 2. The van der Waals surface area contributed by atoms with Crippen LogP contribution in [0.3, 0.4) is 0 Å². The molecule has 9 atom stereocenters. The number of nitrogens with zero attached hydrogens (tertiary/aromatic N) is 3. The highest BCUT2D eigenvalue weighted by molar-refractivity contribution is 5.97. The Labute approximate surface area is 382 Å². The number of ether oxygens (including phenoxy) is 1. The van der Waals surface area contributed by atoms with Crippen LogP contribution in [-0.4, -0.2) is 108 Å². The third kappa shape index (κ3) is 18.2. The highest BCUT2D eigenvalue weighted by Gasteiger charge is 2.40. The maximum absolute atomic E-state index is 14.7. The SMILES string of the molecule is CCCC[C@@H](C)C[C@@H]1NC(=O)[C@@H](CCC#N)OC(=O)[C@@H](C)NC(=O)[C@H](C[C@@H](C)CCCC)NC(=O)[C@H](Cc2ccccc2)N(C)C(=O)[C@H](CC(C)C)NC(=O)[C@H](CC(C)C)N(C)C1=O. The molecule has 1 heterocycles. The molecule has 64 heavy (non-hydrogen) atoms. The maximum atomic E-state index is 14.7. The van der Waals surface area contributed by atoms with Gasteiger partial charge < -0.3 is 35.8 Å². The smallest absolute Gasteiger partial charge is 0.329 e. The van der Waals surface area contributed by atoms with E-state index in [-0.39, 0.29) is 68.6 Å². The number of esters is 1. The number of likely N-dealkylation sites (N-methyl/N-ethyl adjacent to an activating group) is 2. The molecule has 0 aliphatic carbocycles. The van der Waals surface area contributed by atoms with Crippen molar-refractivity contribution < 1.29 is 38.3 Å². The van der Waals surface area contributed by atoms with Gasteiger partial charge in [-0.05, 0) is 61.8 Å². The summed E-state index contributed by atoms with van der Waals surface area (Å²) in [6.07, 6.45) is 4.38. The van der Waals surface area contributed by atoms with Gasteiger partial charge in [-0.15, -0.1) is 0 Å². The minimum absolute atomic E-state index is 0.0124. The molecule has 0 radical (unpaired) electrons. The van der Waals surface area contributed by atoms with E-state index in [1.165, 1.54) is 30.8 Å². The molecule has 1 aromatic rings. The maximum Gasteiger partial charge on any atom is 0.329 e. The molecule has 1 fully saturated rings. The Morgan fingerprint density at radius 2 is 1.12 bits per heavy atom. The van der Waals surface area contributed by atoms with Gasteiger partial charge in [0.15, 0.2) is 6.10 Å². The number of carbonyl (C=O) groups is 7. The third-order valence-corrected chi connectivity index (χ3v) is 11.9. The van der Waals surface area contributed by atoms with Crippen LogP contribution in [0.1, 0.15) is 145 Å².